The van der Waals surface area contributed by atoms with Crippen LogP contribution in [0.15, 0.2) is 14.6 Å². The number of aromatic hydroxyl groups is 1. The molecule has 0 atom stereocenters. The first kappa shape index (κ1) is 22.0. The van der Waals surface area contributed by atoms with Crippen LogP contribution in [0.5, 0.6) is 5.88 Å². The van der Waals surface area contributed by atoms with Crippen LogP contribution in [-0.4, -0.2) is 20.5 Å². The summed E-state index contributed by atoms with van der Waals surface area (Å²) in [6.45, 7) is 0. The second-order valence-electron chi connectivity index (χ2n) is 7.83. The number of aromatic nitrogens is 2. The number of nitrogens with zero attached hydrogens (tertiary/aromatic N) is 4. The Morgan fingerprint density at radius 3 is 2.23 bits per heavy atom. The molecule has 0 bridgehead atoms. The fourth-order valence-electron chi connectivity index (χ4n) is 3.91. The van der Waals surface area contributed by atoms with Crippen molar-refractivity contribution in [3.05, 3.63) is 42.4 Å². The van der Waals surface area contributed by atoms with Gasteiger partial charge < -0.3 is 5.11 Å². The maximum atomic E-state index is 12.4. The molecule has 0 fully saturated rings. The molecule has 1 N–H and O–H groups in total. The van der Waals surface area contributed by atoms with E-state index in [1.807, 2.05) is 0 Å². The van der Waals surface area contributed by atoms with Gasteiger partial charge in [-0.15, -0.1) is 11.3 Å². The molecule has 0 saturated heterocycles. The van der Waals surface area contributed by atoms with Crippen molar-refractivity contribution in [3.63, 3.8) is 0 Å². The number of rotatable bonds is 2. The van der Waals surface area contributed by atoms with E-state index in [0.29, 0.717) is 10.6 Å². The molecule has 0 saturated carbocycles. The highest BCUT2D eigenvalue weighted by molar-refractivity contribution is 7.16. The van der Waals surface area contributed by atoms with Gasteiger partial charge in [0.05, 0.1) is 5.56 Å². The zero-order valence-electron chi connectivity index (χ0n) is 17.6. The Morgan fingerprint density at radius 2 is 1.60 bits per heavy atom. The van der Waals surface area contributed by atoms with Gasteiger partial charge in [-0.25, -0.2) is 9.79 Å². The van der Waals surface area contributed by atoms with Gasteiger partial charge in [0.15, 0.2) is 0 Å². The molecule has 2 aromatic rings. The van der Waals surface area contributed by atoms with Crippen LogP contribution in [0.1, 0.15) is 72.9 Å². The van der Waals surface area contributed by atoms with Crippen molar-refractivity contribution >= 4 is 22.6 Å². The van der Waals surface area contributed by atoms with E-state index in [9.17, 15) is 20.0 Å². The van der Waals surface area contributed by atoms with Crippen LogP contribution in [0.4, 0.5) is 5.00 Å². The van der Waals surface area contributed by atoms with Gasteiger partial charge in [0.25, 0.3) is 5.56 Å². The average molecular weight is 429 g/mol. The minimum absolute atomic E-state index is 0.0640. The minimum Gasteiger partial charge on any atom is -0.494 e. The van der Waals surface area contributed by atoms with Crippen LogP contribution in [0.25, 0.3) is 0 Å². The third-order valence-electron chi connectivity index (χ3n) is 5.74. The lowest BCUT2D eigenvalue weighted by Crippen LogP contribution is -2.38. The van der Waals surface area contributed by atoms with Crippen molar-refractivity contribution < 1.29 is 5.11 Å². The van der Waals surface area contributed by atoms with E-state index in [2.05, 4.69) is 11.1 Å². The predicted molar refractivity (Wildman–Crippen MR) is 119 cm³/mol. The van der Waals surface area contributed by atoms with E-state index in [1.54, 1.807) is 0 Å². The third-order valence-corrected chi connectivity index (χ3v) is 6.94. The van der Waals surface area contributed by atoms with E-state index in [4.69, 9.17) is 0 Å². The van der Waals surface area contributed by atoms with Gasteiger partial charge in [-0.1, -0.05) is 38.5 Å². The number of aryl methyl sites for hydroxylation is 1. The number of hydrogen-bond acceptors (Lipinski definition) is 6. The first-order valence-electron chi connectivity index (χ1n) is 10.5. The average Bonchev–Trinajstić information content (AvgIpc) is 3.07. The van der Waals surface area contributed by atoms with Crippen LogP contribution in [0.2, 0.25) is 0 Å². The van der Waals surface area contributed by atoms with Gasteiger partial charge in [-0.05, 0) is 31.2 Å². The van der Waals surface area contributed by atoms with Crippen molar-refractivity contribution in [2.24, 2.45) is 19.1 Å². The molecule has 1 aliphatic rings. The maximum Gasteiger partial charge on any atom is 0.333 e. The summed E-state index contributed by atoms with van der Waals surface area (Å²) in [5.74, 6) is -0.430. The van der Waals surface area contributed by atoms with E-state index >= 15 is 0 Å². The SMILES string of the molecule is Cn1c(O)c(/C=N/c2sc3c(c2C#N)CCCCCCCCCC3)c(=O)n(C)c1=O. The molecule has 0 unspecified atom stereocenters. The van der Waals surface area contributed by atoms with Crippen molar-refractivity contribution in [3.8, 4) is 11.9 Å². The Balaban J connectivity index is 1.99. The molecule has 0 radical (unpaired) electrons. The molecular formula is C22H28N4O3S. The molecule has 8 heteroatoms. The zero-order valence-corrected chi connectivity index (χ0v) is 18.4. The second kappa shape index (κ2) is 9.90. The molecular weight excluding hydrogens is 400 g/mol. The predicted octanol–water partition coefficient (Wildman–Crippen LogP) is 3.69. The number of hydrogen-bond donors (Lipinski definition) is 1. The summed E-state index contributed by atoms with van der Waals surface area (Å²) in [6.07, 6.45) is 12.7. The lowest BCUT2D eigenvalue weighted by atomic mass is 9.98. The number of aliphatic imine (C=N–C) groups is 1. The Morgan fingerprint density at radius 1 is 1.00 bits per heavy atom. The summed E-state index contributed by atoms with van der Waals surface area (Å²) in [4.78, 5) is 29.9. The van der Waals surface area contributed by atoms with Crippen LogP contribution < -0.4 is 11.2 Å². The van der Waals surface area contributed by atoms with Gasteiger partial charge in [0, 0.05) is 25.2 Å². The first-order chi connectivity index (χ1) is 14.5. The van der Waals surface area contributed by atoms with Crippen molar-refractivity contribution in [1.29, 1.82) is 5.26 Å². The quantitative estimate of drug-likeness (QED) is 0.737. The molecule has 0 aromatic carbocycles. The molecule has 2 heterocycles. The normalized spacial score (nSPS) is 15.9. The topological polar surface area (TPSA) is 100 Å². The highest BCUT2D eigenvalue weighted by Gasteiger charge is 2.19. The van der Waals surface area contributed by atoms with Crippen molar-refractivity contribution in [2.75, 3.05) is 0 Å². The number of thiophene rings is 1. The Kier molecular flexibility index (Phi) is 7.27. The van der Waals surface area contributed by atoms with Gasteiger partial charge in [-0.3, -0.25) is 13.9 Å². The van der Waals surface area contributed by atoms with E-state index in [-0.39, 0.29) is 5.56 Å². The smallest absolute Gasteiger partial charge is 0.333 e. The van der Waals surface area contributed by atoms with Crippen molar-refractivity contribution in [2.45, 2.75) is 64.2 Å². The Hall–Kier alpha value is -2.66. The lowest BCUT2D eigenvalue weighted by Gasteiger charge is -2.08. The number of nitriles is 1. The highest BCUT2D eigenvalue weighted by Crippen LogP contribution is 2.37. The molecule has 0 spiro atoms. The summed E-state index contributed by atoms with van der Waals surface area (Å²) < 4.78 is 1.93. The fraction of sp³-hybridized carbons (Fsp3) is 0.545. The van der Waals surface area contributed by atoms with E-state index in [0.717, 1.165) is 40.4 Å². The molecule has 0 aliphatic heterocycles. The van der Waals surface area contributed by atoms with E-state index in [1.165, 1.54) is 75.0 Å². The van der Waals surface area contributed by atoms with Gasteiger partial charge >= 0.3 is 5.69 Å². The molecule has 0 amide bonds. The molecule has 2 aromatic heterocycles. The molecule has 1 aliphatic carbocycles. The monoisotopic (exact) mass is 428 g/mol. The first-order valence-corrected chi connectivity index (χ1v) is 11.3. The summed E-state index contributed by atoms with van der Waals surface area (Å²) in [5, 5.41) is 20.6. The molecule has 30 heavy (non-hydrogen) atoms. The summed E-state index contributed by atoms with van der Waals surface area (Å²) in [7, 11) is 2.75. The fourth-order valence-corrected chi connectivity index (χ4v) is 5.10. The summed E-state index contributed by atoms with van der Waals surface area (Å²) >= 11 is 1.50. The van der Waals surface area contributed by atoms with Crippen LogP contribution in [-0.2, 0) is 26.9 Å². The Bertz CT molecular complexity index is 1100. The van der Waals surface area contributed by atoms with E-state index < -0.39 is 17.1 Å². The second-order valence-corrected chi connectivity index (χ2v) is 8.91. The summed E-state index contributed by atoms with van der Waals surface area (Å²) in [6, 6.07) is 2.31. The van der Waals surface area contributed by atoms with Crippen LogP contribution >= 0.6 is 11.3 Å². The van der Waals surface area contributed by atoms with Crippen LogP contribution in [0, 0.1) is 11.3 Å². The maximum absolute atomic E-state index is 12.4. The van der Waals surface area contributed by atoms with Gasteiger partial charge in [0.2, 0.25) is 5.88 Å². The van der Waals surface area contributed by atoms with Gasteiger partial charge in [0.1, 0.15) is 16.6 Å². The largest absolute Gasteiger partial charge is 0.494 e. The molecule has 7 nitrogen and oxygen atoms in total. The zero-order chi connectivity index (χ0) is 21.7. The van der Waals surface area contributed by atoms with Gasteiger partial charge in [-0.2, -0.15) is 5.26 Å². The third kappa shape index (κ3) is 4.57. The molecule has 160 valence electrons. The Labute approximate surface area is 179 Å². The molecule has 3 rings (SSSR count). The number of fused-ring (bicyclic) bond motifs is 1. The van der Waals surface area contributed by atoms with Crippen molar-refractivity contribution in [1.82, 2.24) is 9.13 Å². The summed E-state index contributed by atoms with van der Waals surface area (Å²) in [5.41, 5.74) is 0.377. The highest BCUT2D eigenvalue weighted by atomic mass is 32.1. The standard InChI is InChI=1S/C22H28N4O3S/c1-25-20(27)17(21(28)26(2)22(25)29)14-24-19-16(13-23)15-11-9-7-5-3-4-6-8-10-12-18(15)30-19/h14,27H,3-12H2,1-2H3/b24-14+. The lowest BCUT2D eigenvalue weighted by molar-refractivity contribution is 0.410. The minimum atomic E-state index is -0.617. The van der Waals surface area contributed by atoms with Crippen LogP contribution in [0.3, 0.4) is 0 Å².